The molecule has 2 aromatic rings. The smallest absolute Gasteiger partial charge is 0.389 e. The maximum atomic E-state index is 13.2. The molecule has 1 amide bonds. The van der Waals surface area contributed by atoms with Crippen LogP contribution in [0.1, 0.15) is 36.0 Å². The van der Waals surface area contributed by atoms with E-state index in [1.54, 1.807) is 18.2 Å². The summed E-state index contributed by atoms with van der Waals surface area (Å²) >= 11 is 0. The van der Waals surface area contributed by atoms with E-state index in [1.807, 2.05) is 4.90 Å². The van der Waals surface area contributed by atoms with Crippen LogP contribution in [0, 0.1) is 5.82 Å². The van der Waals surface area contributed by atoms with Crippen molar-refractivity contribution in [2.24, 2.45) is 0 Å². The van der Waals surface area contributed by atoms with E-state index in [4.69, 9.17) is 9.47 Å². The van der Waals surface area contributed by atoms with Crippen LogP contribution in [0.15, 0.2) is 48.5 Å². The Morgan fingerprint density at radius 3 is 2.61 bits per heavy atom. The van der Waals surface area contributed by atoms with E-state index in [2.05, 4.69) is 5.32 Å². The largest absolute Gasteiger partial charge is 0.416 e. The van der Waals surface area contributed by atoms with E-state index in [-0.39, 0.29) is 69.2 Å². The standard InChI is InChI=1S/C26H30F4N2O4/c27-20-6-4-17(5-7-20)12-31-25(34)11-22-8-9-23-24(36-22)16-35-15-21(33)14-32(23)13-18-2-1-3-19(10-18)26(28,29)30/h1-7,10,21-24,33H,8-9,11-16H2,(H,31,34)/t21-,22-,23+,24-/m1/s1. The van der Waals surface area contributed by atoms with Crippen molar-refractivity contribution in [3.05, 3.63) is 71.0 Å². The van der Waals surface area contributed by atoms with Gasteiger partial charge in [0.2, 0.25) is 5.91 Å². The Bertz CT molecular complexity index is 1020. The Morgan fingerprint density at radius 2 is 1.86 bits per heavy atom. The topological polar surface area (TPSA) is 71.0 Å². The molecule has 2 aromatic carbocycles. The van der Waals surface area contributed by atoms with Crippen molar-refractivity contribution in [1.82, 2.24) is 10.2 Å². The summed E-state index contributed by atoms with van der Waals surface area (Å²) in [6.07, 6.45) is -4.53. The third kappa shape index (κ3) is 7.25. The number of nitrogens with zero attached hydrogens (tertiary/aromatic N) is 1. The van der Waals surface area contributed by atoms with Crippen molar-refractivity contribution < 1.29 is 36.9 Å². The molecule has 196 valence electrons. The molecule has 2 heterocycles. The van der Waals surface area contributed by atoms with Gasteiger partial charge in [-0.25, -0.2) is 4.39 Å². The van der Waals surface area contributed by atoms with Crippen molar-refractivity contribution >= 4 is 5.91 Å². The summed E-state index contributed by atoms with van der Waals surface area (Å²) in [5.41, 5.74) is 0.574. The van der Waals surface area contributed by atoms with Crippen molar-refractivity contribution in [1.29, 1.82) is 0 Å². The maximum Gasteiger partial charge on any atom is 0.416 e. The van der Waals surface area contributed by atoms with Crippen LogP contribution < -0.4 is 5.32 Å². The van der Waals surface area contributed by atoms with Gasteiger partial charge in [0, 0.05) is 25.7 Å². The summed E-state index contributed by atoms with van der Waals surface area (Å²) in [7, 11) is 0. The highest BCUT2D eigenvalue weighted by Gasteiger charge is 2.38. The molecule has 4 rings (SSSR count). The average molecular weight is 511 g/mol. The first kappa shape index (κ1) is 26.5. The van der Waals surface area contributed by atoms with Crippen LogP contribution in [0.2, 0.25) is 0 Å². The molecule has 2 saturated heterocycles. The second-order valence-electron chi connectivity index (χ2n) is 9.37. The predicted octanol–water partition coefficient (Wildman–Crippen LogP) is 3.66. The normalized spacial score (nSPS) is 25.5. The number of aliphatic hydroxyl groups is 1. The average Bonchev–Trinajstić information content (AvgIpc) is 2.82. The molecule has 0 saturated carbocycles. The molecule has 10 heteroatoms. The van der Waals surface area contributed by atoms with Crippen LogP contribution in [-0.4, -0.2) is 60.0 Å². The van der Waals surface area contributed by atoms with Crippen molar-refractivity contribution in [3.63, 3.8) is 0 Å². The number of aliphatic hydroxyl groups excluding tert-OH is 1. The first-order valence-corrected chi connectivity index (χ1v) is 12.0. The van der Waals surface area contributed by atoms with Gasteiger partial charge in [-0.05, 0) is 42.2 Å². The van der Waals surface area contributed by atoms with Crippen LogP contribution in [0.5, 0.6) is 0 Å². The zero-order valence-corrected chi connectivity index (χ0v) is 19.7. The fourth-order valence-electron chi connectivity index (χ4n) is 4.79. The van der Waals surface area contributed by atoms with Gasteiger partial charge in [-0.15, -0.1) is 0 Å². The van der Waals surface area contributed by atoms with Gasteiger partial charge in [0.25, 0.3) is 0 Å². The SMILES string of the molecule is O=C(C[C@H]1CC[C@H]2[C@@H](COC[C@H](O)CN2Cc2cccc(C(F)(F)F)c2)O1)NCc1ccc(F)cc1. The number of ether oxygens (including phenoxy) is 2. The van der Waals surface area contributed by atoms with Gasteiger partial charge >= 0.3 is 6.18 Å². The highest BCUT2D eigenvalue weighted by molar-refractivity contribution is 5.76. The number of hydrogen-bond donors (Lipinski definition) is 2. The third-order valence-corrected chi connectivity index (χ3v) is 6.54. The second kappa shape index (κ2) is 11.7. The molecular weight excluding hydrogens is 480 g/mol. The molecule has 0 aromatic heterocycles. The summed E-state index contributed by atoms with van der Waals surface area (Å²) in [4.78, 5) is 14.4. The van der Waals surface area contributed by atoms with Gasteiger partial charge in [-0.1, -0.05) is 30.3 Å². The number of carbonyl (C=O) groups is 1. The Labute approximate surface area is 207 Å². The number of β-amino-alcohol motifs (C(OH)–C–C–N with tert-alkyl or cyclic N) is 1. The molecule has 2 fully saturated rings. The number of halogens is 4. The number of alkyl halides is 3. The van der Waals surface area contributed by atoms with E-state index in [0.717, 1.165) is 17.7 Å². The minimum absolute atomic E-state index is 0.0918. The number of rotatable bonds is 6. The molecule has 0 bridgehead atoms. The van der Waals surface area contributed by atoms with E-state index in [9.17, 15) is 27.5 Å². The number of fused-ring (bicyclic) bond motifs is 1. The zero-order valence-electron chi connectivity index (χ0n) is 19.7. The lowest BCUT2D eigenvalue weighted by Crippen LogP contribution is -2.55. The molecule has 2 aliphatic rings. The van der Waals surface area contributed by atoms with Gasteiger partial charge < -0.3 is 19.9 Å². The van der Waals surface area contributed by atoms with Crippen molar-refractivity contribution in [2.75, 3.05) is 19.8 Å². The van der Waals surface area contributed by atoms with Gasteiger partial charge in [0.05, 0.1) is 43.5 Å². The minimum Gasteiger partial charge on any atom is -0.389 e. The quantitative estimate of drug-likeness (QED) is 0.581. The number of carbonyl (C=O) groups excluding carboxylic acids is 1. The summed E-state index contributed by atoms with van der Waals surface area (Å²) in [5.74, 6) is -0.531. The highest BCUT2D eigenvalue weighted by Crippen LogP contribution is 2.32. The molecule has 4 atom stereocenters. The van der Waals surface area contributed by atoms with Gasteiger partial charge in [0.15, 0.2) is 0 Å². The van der Waals surface area contributed by atoms with E-state index in [1.165, 1.54) is 18.2 Å². The Kier molecular flexibility index (Phi) is 8.61. The number of benzene rings is 2. The molecule has 0 spiro atoms. The lowest BCUT2D eigenvalue weighted by atomic mass is 9.94. The monoisotopic (exact) mass is 510 g/mol. The second-order valence-corrected chi connectivity index (χ2v) is 9.37. The van der Waals surface area contributed by atoms with Crippen molar-refractivity contribution in [2.45, 2.75) is 62.9 Å². The number of nitrogens with one attached hydrogen (secondary N) is 1. The molecule has 36 heavy (non-hydrogen) atoms. The first-order valence-electron chi connectivity index (χ1n) is 12.0. The van der Waals surface area contributed by atoms with E-state index in [0.29, 0.717) is 18.4 Å². The molecule has 6 nitrogen and oxygen atoms in total. The number of hydrogen-bond acceptors (Lipinski definition) is 5. The molecule has 2 aliphatic heterocycles. The fraction of sp³-hybridized carbons (Fsp3) is 0.500. The maximum absolute atomic E-state index is 13.2. The lowest BCUT2D eigenvalue weighted by molar-refractivity contribution is -0.158. The summed E-state index contributed by atoms with van der Waals surface area (Å²) in [6, 6.07) is 10.9. The minimum atomic E-state index is -4.43. The Hall–Kier alpha value is -2.53. The van der Waals surface area contributed by atoms with Gasteiger partial charge in [0.1, 0.15) is 5.82 Å². The molecule has 0 radical (unpaired) electrons. The van der Waals surface area contributed by atoms with Gasteiger partial charge in [-0.2, -0.15) is 13.2 Å². The van der Waals surface area contributed by atoms with Crippen LogP contribution in [0.3, 0.4) is 0 Å². The van der Waals surface area contributed by atoms with Gasteiger partial charge in [-0.3, -0.25) is 9.69 Å². The summed E-state index contributed by atoms with van der Waals surface area (Å²) in [5, 5.41) is 13.1. The Morgan fingerprint density at radius 1 is 1.08 bits per heavy atom. The molecule has 0 unspecified atom stereocenters. The molecular formula is C26H30F4N2O4. The van der Waals surface area contributed by atoms with Crippen LogP contribution in [-0.2, 0) is 33.5 Å². The summed E-state index contributed by atoms with van der Waals surface area (Å²) in [6.45, 7) is 1.06. The predicted molar refractivity (Wildman–Crippen MR) is 123 cm³/mol. The Balaban J connectivity index is 1.37. The van der Waals surface area contributed by atoms with Crippen molar-refractivity contribution in [3.8, 4) is 0 Å². The number of amides is 1. The molecule has 0 aliphatic carbocycles. The molecule has 2 N–H and O–H groups in total. The first-order chi connectivity index (χ1) is 17.2. The van der Waals surface area contributed by atoms with Crippen LogP contribution in [0.4, 0.5) is 17.6 Å². The highest BCUT2D eigenvalue weighted by atomic mass is 19.4. The van der Waals surface area contributed by atoms with E-state index < -0.39 is 17.8 Å². The van der Waals surface area contributed by atoms with Crippen LogP contribution in [0.25, 0.3) is 0 Å². The summed E-state index contributed by atoms with van der Waals surface area (Å²) < 4.78 is 64.4. The third-order valence-electron chi connectivity index (χ3n) is 6.54. The fourth-order valence-corrected chi connectivity index (χ4v) is 4.79. The zero-order chi connectivity index (χ0) is 25.7. The lowest BCUT2D eigenvalue weighted by Gasteiger charge is -2.44. The van der Waals surface area contributed by atoms with E-state index >= 15 is 0 Å². The van der Waals surface area contributed by atoms with Crippen LogP contribution >= 0.6 is 0 Å².